The van der Waals surface area contributed by atoms with Gasteiger partial charge in [-0.05, 0) is 51.5 Å². The Balaban J connectivity index is 2.18. The first-order chi connectivity index (χ1) is 14.6. The summed E-state index contributed by atoms with van der Waals surface area (Å²) < 4.78 is 11.5. The third-order valence-corrected chi connectivity index (χ3v) is 4.95. The highest BCUT2D eigenvalue weighted by molar-refractivity contribution is 6.35. The number of hydrogen-bond donors (Lipinski definition) is 2. The van der Waals surface area contributed by atoms with E-state index in [1.165, 1.54) is 6.07 Å². The van der Waals surface area contributed by atoms with Gasteiger partial charge in [-0.3, -0.25) is 0 Å². The van der Waals surface area contributed by atoms with E-state index >= 15 is 0 Å². The lowest BCUT2D eigenvalue weighted by Crippen LogP contribution is -2.24. The molecule has 0 spiro atoms. The van der Waals surface area contributed by atoms with Crippen molar-refractivity contribution in [2.45, 2.75) is 65.5 Å². The summed E-state index contributed by atoms with van der Waals surface area (Å²) in [7, 11) is 0. The van der Waals surface area contributed by atoms with E-state index in [0.29, 0.717) is 35.1 Å². The zero-order valence-corrected chi connectivity index (χ0v) is 20.1. The second-order valence-corrected chi connectivity index (χ2v) is 9.21. The number of nitrogens with one attached hydrogen (secondary N) is 1. The first-order valence-corrected chi connectivity index (χ1v) is 11.3. The molecule has 31 heavy (non-hydrogen) atoms. The average molecular weight is 468 g/mol. The van der Waals surface area contributed by atoms with Gasteiger partial charge in [0.05, 0.1) is 11.6 Å². The van der Waals surface area contributed by atoms with Gasteiger partial charge in [-0.15, -0.1) is 0 Å². The van der Waals surface area contributed by atoms with E-state index in [1.807, 2.05) is 20.8 Å². The number of esters is 1. The van der Waals surface area contributed by atoms with Crippen LogP contribution in [0.5, 0.6) is 11.5 Å². The lowest BCUT2D eigenvalue weighted by atomic mass is 10.1. The maximum atomic E-state index is 12.6. The third kappa shape index (κ3) is 8.15. The summed E-state index contributed by atoms with van der Waals surface area (Å²) in [4.78, 5) is 12.6. The number of ether oxygens (including phenoxy) is 2. The molecule has 2 N–H and O–H groups in total. The molecule has 2 aromatic rings. The van der Waals surface area contributed by atoms with Crippen LogP contribution >= 0.6 is 23.2 Å². The van der Waals surface area contributed by atoms with Crippen molar-refractivity contribution in [2.75, 3.05) is 11.9 Å². The van der Waals surface area contributed by atoms with Crippen molar-refractivity contribution in [1.82, 2.24) is 0 Å². The Bertz CT molecular complexity index is 894. The number of rotatable bonds is 10. The fourth-order valence-electron chi connectivity index (χ4n) is 2.92. The molecule has 0 aromatic heterocycles. The summed E-state index contributed by atoms with van der Waals surface area (Å²) in [5, 5.41) is 14.0. The fraction of sp³-hybridized carbons (Fsp3) is 0.458. The first-order valence-electron chi connectivity index (χ1n) is 10.5. The number of phenolic OH excluding ortho intramolecular Hbond substituents is 1. The zero-order valence-electron chi connectivity index (χ0n) is 18.6. The van der Waals surface area contributed by atoms with Crippen molar-refractivity contribution in [3.8, 4) is 11.5 Å². The number of hydrogen-bond acceptors (Lipinski definition) is 5. The smallest absolute Gasteiger partial charge is 0.342 e. The Morgan fingerprint density at radius 1 is 1.10 bits per heavy atom. The molecule has 2 rings (SSSR count). The van der Waals surface area contributed by atoms with Gasteiger partial charge in [0, 0.05) is 28.9 Å². The molecule has 0 saturated heterocycles. The summed E-state index contributed by atoms with van der Waals surface area (Å²) in [5.41, 5.74) is 1.07. The SMILES string of the molecule is CCCCCCOc1cc(NCc2cc(Cl)cc(Cl)c2O)ccc1C(=O)OC(C)(C)C. The van der Waals surface area contributed by atoms with E-state index in [0.717, 1.165) is 31.4 Å². The Labute approximate surface area is 194 Å². The van der Waals surface area contributed by atoms with E-state index in [4.69, 9.17) is 32.7 Å². The number of aromatic hydroxyl groups is 1. The second-order valence-electron chi connectivity index (χ2n) is 8.37. The normalized spacial score (nSPS) is 11.3. The number of carbonyl (C=O) groups is 1. The van der Waals surface area contributed by atoms with Gasteiger partial charge < -0.3 is 19.9 Å². The standard InChI is InChI=1S/C24H31Cl2NO4/c1-5-6-7-8-11-30-21-14-18(9-10-19(21)23(29)31-24(2,3)4)27-15-16-12-17(25)13-20(26)22(16)28/h9-10,12-14,27-28H,5-8,11,15H2,1-4H3. The van der Waals surface area contributed by atoms with Crippen LogP contribution in [0.2, 0.25) is 10.0 Å². The molecule has 0 atom stereocenters. The zero-order chi connectivity index (χ0) is 23.0. The molecule has 0 radical (unpaired) electrons. The van der Waals surface area contributed by atoms with Crippen molar-refractivity contribution in [3.05, 3.63) is 51.5 Å². The van der Waals surface area contributed by atoms with Gasteiger partial charge in [-0.1, -0.05) is 49.4 Å². The summed E-state index contributed by atoms with van der Waals surface area (Å²) in [6, 6.07) is 8.36. The number of anilines is 1. The van der Waals surface area contributed by atoms with Gasteiger partial charge in [0.25, 0.3) is 0 Å². The van der Waals surface area contributed by atoms with Gasteiger partial charge in [-0.2, -0.15) is 0 Å². The van der Waals surface area contributed by atoms with Crippen molar-refractivity contribution in [2.24, 2.45) is 0 Å². The highest BCUT2D eigenvalue weighted by atomic mass is 35.5. The molecule has 0 bridgehead atoms. The van der Waals surface area contributed by atoms with Crippen LogP contribution in [0, 0.1) is 0 Å². The number of unbranched alkanes of at least 4 members (excludes halogenated alkanes) is 3. The van der Waals surface area contributed by atoms with Crippen LogP contribution in [0.3, 0.4) is 0 Å². The molecule has 7 heteroatoms. The van der Waals surface area contributed by atoms with E-state index in [9.17, 15) is 9.90 Å². The first kappa shape index (κ1) is 25.2. The minimum absolute atomic E-state index is 0.0173. The number of benzene rings is 2. The van der Waals surface area contributed by atoms with Crippen LogP contribution in [0.15, 0.2) is 30.3 Å². The molecule has 0 unspecified atom stereocenters. The van der Waals surface area contributed by atoms with Crippen LogP contribution in [-0.2, 0) is 11.3 Å². The van der Waals surface area contributed by atoms with Crippen LogP contribution in [0.4, 0.5) is 5.69 Å². The molecule has 0 aliphatic carbocycles. The van der Waals surface area contributed by atoms with Crippen molar-refractivity contribution in [1.29, 1.82) is 0 Å². The maximum Gasteiger partial charge on any atom is 0.342 e. The van der Waals surface area contributed by atoms with Crippen molar-refractivity contribution < 1.29 is 19.4 Å². The molecular weight excluding hydrogens is 437 g/mol. The summed E-state index contributed by atoms with van der Waals surface area (Å²) in [5.74, 6) is 0.0160. The van der Waals surface area contributed by atoms with Gasteiger partial charge in [0.2, 0.25) is 0 Å². The van der Waals surface area contributed by atoms with E-state index < -0.39 is 11.6 Å². The molecule has 0 fully saturated rings. The van der Waals surface area contributed by atoms with Gasteiger partial charge in [0.1, 0.15) is 22.7 Å². The number of carbonyl (C=O) groups excluding carboxylic acids is 1. The predicted molar refractivity (Wildman–Crippen MR) is 127 cm³/mol. The van der Waals surface area contributed by atoms with Crippen LogP contribution in [0.25, 0.3) is 0 Å². The molecule has 5 nitrogen and oxygen atoms in total. The quantitative estimate of drug-likeness (QED) is 0.285. The number of phenols is 1. The van der Waals surface area contributed by atoms with E-state index in [2.05, 4.69) is 12.2 Å². The average Bonchev–Trinajstić information content (AvgIpc) is 2.68. The van der Waals surface area contributed by atoms with Gasteiger partial charge in [-0.25, -0.2) is 4.79 Å². The Morgan fingerprint density at radius 2 is 1.84 bits per heavy atom. The minimum Gasteiger partial charge on any atom is -0.506 e. The Hall–Kier alpha value is -2.11. The summed E-state index contributed by atoms with van der Waals surface area (Å²) in [6.07, 6.45) is 4.28. The van der Waals surface area contributed by atoms with Crippen LogP contribution in [0.1, 0.15) is 69.3 Å². The Morgan fingerprint density at radius 3 is 2.52 bits per heavy atom. The monoisotopic (exact) mass is 467 g/mol. The minimum atomic E-state index is -0.601. The molecule has 2 aromatic carbocycles. The summed E-state index contributed by atoms with van der Waals surface area (Å²) in [6.45, 7) is 8.46. The topological polar surface area (TPSA) is 67.8 Å². The molecule has 0 amide bonds. The van der Waals surface area contributed by atoms with E-state index in [-0.39, 0.29) is 10.8 Å². The van der Waals surface area contributed by atoms with Crippen LogP contribution < -0.4 is 10.1 Å². The maximum absolute atomic E-state index is 12.6. The highest BCUT2D eigenvalue weighted by Gasteiger charge is 2.21. The molecule has 0 aliphatic heterocycles. The molecule has 0 heterocycles. The molecule has 0 saturated carbocycles. The third-order valence-electron chi connectivity index (χ3n) is 4.45. The van der Waals surface area contributed by atoms with Gasteiger partial charge >= 0.3 is 5.97 Å². The summed E-state index contributed by atoms with van der Waals surface area (Å²) >= 11 is 12.0. The fourth-order valence-corrected chi connectivity index (χ4v) is 3.45. The molecule has 0 aliphatic rings. The molecule has 170 valence electrons. The van der Waals surface area contributed by atoms with Crippen LogP contribution in [-0.4, -0.2) is 23.3 Å². The van der Waals surface area contributed by atoms with Gasteiger partial charge in [0.15, 0.2) is 0 Å². The molecular formula is C24H31Cl2NO4. The lowest BCUT2D eigenvalue weighted by molar-refractivity contribution is 0.00658. The second kappa shape index (κ2) is 11.5. The largest absolute Gasteiger partial charge is 0.506 e. The van der Waals surface area contributed by atoms with E-state index in [1.54, 1.807) is 24.3 Å². The number of halogens is 2. The Kier molecular flexibility index (Phi) is 9.32. The van der Waals surface area contributed by atoms with Crippen molar-refractivity contribution >= 4 is 34.9 Å². The van der Waals surface area contributed by atoms with Crippen molar-refractivity contribution in [3.63, 3.8) is 0 Å². The predicted octanol–water partition coefficient (Wildman–Crippen LogP) is 7.23. The lowest BCUT2D eigenvalue weighted by Gasteiger charge is -2.21. The highest BCUT2D eigenvalue weighted by Crippen LogP contribution is 2.32.